The molecule has 4 aliphatic heterocycles. The summed E-state index contributed by atoms with van der Waals surface area (Å²) in [7, 11) is 0. The first-order chi connectivity index (χ1) is 8.61. The third kappa shape index (κ3) is 1.97. The fourth-order valence-corrected chi connectivity index (χ4v) is 4.27. The number of amides is 1. The highest BCUT2D eigenvalue weighted by molar-refractivity contribution is 5.78. The largest absolute Gasteiger partial charge is 0.340 e. The Morgan fingerprint density at radius 3 is 2.83 bits per heavy atom. The maximum atomic E-state index is 12.3. The Morgan fingerprint density at radius 1 is 1.22 bits per heavy atom. The van der Waals surface area contributed by atoms with E-state index in [2.05, 4.69) is 9.80 Å². The average Bonchev–Trinajstić information content (AvgIpc) is 2.64. The van der Waals surface area contributed by atoms with E-state index in [0.717, 1.165) is 19.0 Å². The lowest BCUT2D eigenvalue weighted by Gasteiger charge is -2.50. The molecule has 18 heavy (non-hydrogen) atoms. The zero-order valence-electron chi connectivity index (χ0n) is 11.8. The number of hydrogen-bond acceptors (Lipinski definition) is 2. The Labute approximate surface area is 111 Å². The molecule has 2 bridgehead atoms. The van der Waals surface area contributed by atoms with Crippen LogP contribution in [-0.4, -0.2) is 47.4 Å². The summed E-state index contributed by atoms with van der Waals surface area (Å²) < 4.78 is 0. The monoisotopic (exact) mass is 250 g/mol. The van der Waals surface area contributed by atoms with Crippen molar-refractivity contribution in [3.05, 3.63) is 0 Å². The first-order valence-corrected chi connectivity index (χ1v) is 7.65. The van der Waals surface area contributed by atoms with Crippen molar-refractivity contribution in [2.45, 2.75) is 51.5 Å². The second-order valence-electron chi connectivity index (χ2n) is 6.91. The number of nitrogens with zero attached hydrogens (tertiary/aromatic N) is 2. The maximum Gasteiger partial charge on any atom is 0.225 e. The van der Waals surface area contributed by atoms with Crippen LogP contribution in [-0.2, 0) is 4.79 Å². The highest BCUT2D eigenvalue weighted by Crippen LogP contribution is 2.42. The lowest BCUT2D eigenvalue weighted by atomic mass is 9.78. The number of hydrogen-bond donors (Lipinski definition) is 0. The smallest absolute Gasteiger partial charge is 0.225 e. The van der Waals surface area contributed by atoms with Gasteiger partial charge in [-0.1, -0.05) is 20.3 Å². The van der Waals surface area contributed by atoms with Gasteiger partial charge in [0.1, 0.15) is 0 Å². The summed E-state index contributed by atoms with van der Waals surface area (Å²) >= 11 is 0. The second kappa shape index (κ2) is 4.52. The van der Waals surface area contributed by atoms with Crippen molar-refractivity contribution in [3.8, 4) is 0 Å². The van der Waals surface area contributed by atoms with Crippen LogP contribution in [0.4, 0.5) is 0 Å². The predicted molar refractivity (Wildman–Crippen MR) is 72.3 cm³/mol. The van der Waals surface area contributed by atoms with Gasteiger partial charge in [0, 0.05) is 31.1 Å². The van der Waals surface area contributed by atoms with Gasteiger partial charge in [-0.3, -0.25) is 9.69 Å². The van der Waals surface area contributed by atoms with E-state index in [9.17, 15) is 4.79 Å². The number of carbonyl (C=O) groups is 1. The normalized spacial score (nSPS) is 36.6. The van der Waals surface area contributed by atoms with Crippen LogP contribution < -0.4 is 0 Å². The molecule has 3 nitrogen and oxygen atoms in total. The van der Waals surface area contributed by atoms with E-state index in [-0.39, 0.29) is 5.92 Å². The zero-order valence-corrected chi connectivity index (χ0v) is 11.8. The van der Waals surface area contributed by atoms with Gasteiger partial charge in [0.15, 0.2) is 0 Å². The first-order valence-electron chi connectivity index (χ1n) is 7.65. The molecule has 0 saturated carbocycles. The van der Waals surface area contributed by atoms with Gasteiger partial charge in [-0.2, -0.15) is 0 Å². The third-order valence-corrected chi connectivity index (χ3v) is 5.26. The van der Waals surface area contributed by atoms with E-state index in [0.29, 0.717) is 11.4 Å². The Kier molecular flexibility index (Phi) is 3.13. The van der Waals surface area contributed by atoms with E-state index in [1.165, 1.54) is 45.2 Å². The van der Waals surface area contributed by atoms with E-state index < -0.39 is 0 Å². The molecule has 4 aliphatic rings. The molecule has 3 heteroatoms. The van der Waals surface area contributed by atoms with Crippen molar-refractivity contribution in [1.82, 2.24) is 9.80 Å². The molecule has 0 aromatic carbocycles. The zero-order chi connectivity index (χ0) is 12.8. The van der Waals surface area contributed by atoms with Gasteiger partial charge in [0.05, 0.1) is 0 Å². The van der Waals surface area contributed by atoms with Crippen molar-refractivity contribution in [1.29, 1.82) is 0 Å². The van der Waals surface area contributed by atoms with Gasteiger partial charge in [0.2, 0.25) is 5.91 Å². The van der Waals surface area contributed by atoms with E-state index in [1.807, 2.05) is 13.8 Å². The molecule has 0 radical (unpaired) electrons. The van der Waals surface area contributed by atoms with Crippen molar-refractivity contribution in [3.63, 3.8) is 0 Å². The Bertz CT molecular complexity index is 341. The van der Waals surface area contributed by atoms with Gasteiger partial charge in [-0.05, 0) is 38.1 Å². The summed E-state index contributed by atoms with van der Waals surface area (Å²) in [6, 6.07) is 0. The molecule has 0 aromatic rings. The van der Waals surface area contributed by atoms with Gasteiger partial charge in [0.25, 0.3) is 0 Å². The van der Waals surface area contributed by atoms with Crippen LogP contribution in [0, 0.1) is 11.8 Å². The van der Waals surface area contributed by atoms with Gasteiger partial charge < -0.3 is 4.90 Å². The molecule has 4 rings (SSSR count). The number of fused-ring (bicyclic) bond motifs is 3. The molecule has 2 unspecified atom stereocenters. The predicted octanol–water partition coefficient (Wildman–Crippen LogP) is 2.12. The summed E-state index contributed by atoms with van der Waals surface area (Å²) in [6.07, 6.45) is 6.66. The van der Waals surface area contributed by atoms with Crippen molar-refractivity contribution < 1.29 is 4.79 Å². The number of piperidine rings is 2. The maximum absolute atomic E-state index is 12.3. The molecular formula is C15H26N2O. The molecule has 0 aliphatic carbocycles. The molecule has 1 amide bonds. The summed E-state index contributed by atoms with van der Waals surface area (Å²) in [5.41, 5.74) is 0.343. The van der Waals surface area contributed by atoms with Crippen LogP contribution >= 0.6 is 0 Å². The number of carbonyl (C=O) groups excluding carboxylic acids is 1. The van der Waals surface area contributed by atoms with Gasteiger partial charge >= 0.3 is 0 Å². The molecular weight excluding hydrogens is 224 g/mol. The summed E-state index contributed by atoms with van der Waals surface area (Å²) in [4.78, 5) is 17.3. The minimum absolute atomic E-state index is 0.149. The SMILES string of the molecule is CC(C)C(=O)N1CC2CCC3(CCCCN3C2)C1. The van der Waals surface area contributed by atoms with Crippen molar-refractivity contribution in [2.24, 2.45) is 11.8 Å². The lowest BCUT2D eigenvalue weighted by molar-refractivity contribution is -0.135. The molecule has 102 valence electrons. The molecule has 1 spiro atoms. The standard InChI is InChI=1S/C15H26N2O/c1-12(2)14(18)16-9-13-5-7-15(11-16)6-3-4-8-17(15)10-13/h12-13H,3-11H2,1-2H3. The number of rotatable bonds is 1. The highest BCUT2D eigenvalue weighted by atomic mass is 16.2. The molecule has 4 saturated heterocycles. The molecule has 4 fully saturated rings. The van der Waals surface area contributed by atoms with Crippen LogP contribution in [0.15, 0.2) is 0 Å². The molecule has 2 atom stereocenters. The Morgan fingerprint density at radius 2 is 2.06 bits per heavy atom. The van der Waals surface area contributed by atoms with Gasteiger partial charge in [-0.15, -0.1) is 0 Å². The van der Waals surface area contributed by atoms with Crippen LogP contribution in [0.5, 0.6) is 0 Å². The minimum Gasteiger partial charge on any atom is -0.340 e. The van der Waals surface area contributed by atoms with Gasteiger partial charge in [-0.25, -0.2) is 0 Å². The first kappa shape index (κ1) is 12.5. The topological polar surface area (TPSA) is 23.6 Å². The quantitative estimate of drug-likeness (QED) is 0.711. The Balaban J connectivity index is 1.84. The highest BCUT2D eigenvalue weighted by Gasteiger charge is 2.48. The average molecular weight is 250 g/mol. The van der Waals surface area contributed by atoms with E-state index in [1.54, 1.807) is 0 Å². The summed E-state index contributed by atoms with van der Waals surface area (Å²) in [6.45, 7) is 8.58. The van der Waals surface area contributed by atoms with Crippen LogP contribution in [0.25, 0.3) is 0 Å². The van der Waals surface area contributed by atoms with Crippen molar-refractivity contribution >= 4 is 5.91 Å². The van der Waals surface area contributed by atoms with Crippen LogP contribution in [0.1, 0.15) is 46.0 Å². The summed E-state index contributed by atoms with van der Waals surface area (Å²) in [5, 5.41) is 0. The Hall–Kier alpha value is -0.570. The minimum atomic E-state index is 0.149. The lowest BCUT2D eigenvalue weighted by Crippen LogP contribution is -2.58. The molecule has 0 N–H and O–H groups in total. The van der Waals surface area contributed by atoms with E-state index in [4.69, 9.17) is 0 Å². The summed E-state index contributed by atoms with van der Waals surface area (Å²) in [5.74, 6) is 1.24. The second-order valence-corrected chi connectivity index (χ2v) is 6.91. The fourth-order valence-electron chi connectivity index (χ4n) is 4.27. The fraction of sp³-hybridized carbons (Fsp3) is 0.933. The van der Waals surface area contributed by atoms with Crippen molar-refractivity contribution in [2.75, 3.05) is 26.2 Å². The molecule has 4 heterocycles. The van der Waals surface area contributed by atoms with E-state index >= 15 is 0 Å². The molecule has 0 aromatic heterocycles. The van der Waals surface area contributed by atoms with Crippen LogP contribution in [0.3, 0.4) is 0 Å². The third-order valence-electron chi connectivity index (χ3n) is 5.26. The van der Waals surface area contributed by atoms with Crippen LogP contribution in [0.2, 0.25) is 0 Å².